The van der Waals surface area contributed by atoms with Gasteiger partial charge >= 0.3 is 0 Å². The Hall–Kier alpha value is -0.870. The van der Waals surface area contributed by atoms with Crippen LogP contribution in [0.4, 0.5) is 0 Å². The summed E-state index contributed by atoms with van der Waals surface area (Å²) in [6.45, 7) is 9.62. The van der Waals surface area contributed by atoms with Gasteiger partial charge in [-0.3, -0.25) is 0 Å². The zero-order valence-corrected chi connectivity index (χ0v) is 12.6. The molecule has 1 atom stereocenters. The van der Waals surface area contributed by atoms with Gasteiger partial charge in [0.25, 0.3) is 0 Å². The van der Waals surface area contributed by atoms with Crippen LogP contribution in [0.3, 0.4) is 0 Å². The highest BCUT2D eigenvalue weighted by molar-refractivity contribution is 7.92. The fourth-order valence-corrected chi connectivity index (χ4v) is 4.81. The molecule has 0 amide bonds. The zero-order valence-electron chi connectivity index (χ0n) is 11.8. The van der Waals surface area contributed by atoms with Gasteiger partial charge in [0.05, 0.1) is 10.1 Å². The molecule has 0 saturated heterocycles. The zero-order chi connectivity index (χ0) is 14.1. The molecular weight excluding hydrogens is 246 g/mol. The van der Waals surface area contributed by atoms with Crippen LogP contribution < -0.4 is 5.73 Å². The van der Waals surface area contributed by atoms with Crippen LogP contribution >= 0.6 is 0 Å². The Balaban J connectivity index is 3.46. The van der Waals surface area contributed by atoms with Crippen LogP contribution in [0.2, 0.25) is 0 Å². The smallest absolute Gasteiger partial charge is 0.183 e. The average Bonchev–Trinajstić information content (AvgIpc) is 2.14. The molecule has 1 unspecified atom stereocenters. The van der Waals surface area contributed by atoms with Gasteiger partial charge in [0.2, 0.25) is 0 Å². The maximum Gasteiger partial charge on any atom is 0.183 e. The first kappa shape index (κ1) is 15.2. The Morgan fingerprint density at radius 2 is 1.56 bits per heavy atom. The molecule has 0 radical (unpaired) electrons. The van der Waals surface area contributed by atoms with Crippen molar-refractivity contribution in [3.63, 3.8) is 0 Å². The van der Waals surface area contributed by atoms with Crippen LogP contribution in [0, 0.1) is 26.7 Å². The standard InChI is InChI=1S/C14H23NO2S/c1-9(2)13(8-15)18(16,17)14-11(4)6-10(3)7-12(14)5/h6-7,9,13H,8,15H2,1-5H3. The molecule has 0 fully saturated rings. The van der Waals surface area contributed by atoms with Crippen molar-refractivity contribution in [2.45, 2.75) is 44.8 Å². The number of nitrogens with two attached hydrogens (primary N) is 1. The van der Waals surface area contributed by atoms with Gasteiger partial charge in [-0.15, -0.1) is 0 Å². The summed E-state index contributed by atoms with van der Waals surface area (Å²) in [7, 11) is -3.35. The summed E-state index contributed by atoms with van der Waals surface area (Å²) in [4.78, 5) is 0.456. The first-order chi connectivity index (χ1) is 8.21. The van der Waals surface area contributed by atoms with Crippen molar-refractivity contribution < 1.29 is 8.42 Å². The molecule has 1 aromatic carbocycles. The van der Waals surface area contributed by atoms with Crippen molar-refractivity contribution in [1.82, 2.24) is 0 Å². The second-order valence-electron chi connectivity index (χ2n) is 5.29. The number of hydrogen-bond acceptors (Lipinski definition) is 3. The Kier molecular flexibility index (Phi) is 4.56. The molecular formula is C14H23NO2S. The second-order valence-corrected chi connectivity index (χ2v) is 7.39. The summed E-state index contributed by atoms with van der Waals surface area (Å²) in [6.07, 6.45) is 0. The Morgan fingerprint density at radius 3 is 1.89 bits per heavy atom. The van der Waals surface area contributed by atoms with Crippen molar-refractivity contribution in [2.24, 2.45) is 11.7 Å². The lowest BCUT2D eigenvalue weighted by Gasteiger charge is -2.22. The predicted octanol–water partition coefficient (Wildman–Crippen LogP) is 2.37. The molecule has 102 valence electrons. The molecule has 0 heterocycles. The third-order valence-electron chi connectivity index (χ3n) is 3.26. The van der Waals surface area contributed by atoms with Gasteiger partial charge in [-0.05, 0) is 37.8 Å². The average molecular weight is 269 g/mol. The van der Waals surface area contributed by atoms with Gasteiger partial charge in [0.1, 0.15) is 0 Å². The number of hydrogen-bond donors (Lipinski definition) is 1. The van der Waals surface area contributed by atoms with Gasteiger partial charge in [-0.25, -0.2) is 8.42 Å². The maximum atomic E-state index is 12.7. The van der Waals surface area contributed by atoms with Gasteiger partial charge in [-0.1, -0.05) is 31.5 Å². The summed E-state index contributed by atoms with van der Waals surface area (Å²) in [6, 6.07) is 3.82. The monoisotopic (exact) mass is 269 g/mol. The molecule has 0 aliphatic rings. The molecule has 0 bridgehead atoms. The van der Waals surface area contributed by atoms with Gasteiger partial charge < -0.3 is 5.73 Å². The van der Waals surface area contributed by atoms with Crippen molar-refractivity contribution in [1.29, 1.82) is 0 Å². The Labute approximate surface area is 110 Å². The molecule has 18 heavy (non-hydrogen) atoms. The maximum absolute atomic E-state index is 12.7. The minimum Gasteiger partial charge on any atom is -0.329 e. The molecule has 3 nitrogen and oxygen atoms in total. The third-order valence-corrected chi connectivity index (χ3v) is 6.01. The number of rotatable bonds is 4. The summed E-state index contributed by atoms with van der Waals surface area (Å²) >= 11 is 0. The number of aryl methyl sites for hydroxylation is 3. The van der Waals surface area contributed by atoms with E-state index in [0.29, 0.717) is 4.90 Å². The van der Waals surface area contributed by atoms with Gasteiger partial charge in [0.15, 0.2) is 9.84 Å². The first-order valence-corrected chi connectivity index (χ1v) is 7.78. The van der Waals surface area contributed by atoms with E-state index in [2.05, 4.69) is 0 Å². The van der Waals surface area contributed by atoms with Crippen LogP contribution in [0.5, 0.6) is 0 Å². The van der Waals surface area contributed by atoms with E-state index >= 15 is 0 Å². The topological polar surface area (TPSA) is 60.2 Å². The third kappa shape index (κ3) is 2.75. The lowest BCUT2D eigenvalue weighted by atomic mass is 10.1. The molecule has 2 N–H and O–H groups in total. The lowest BCUT2D eigenvalue weighted by molar-refractivity contribution is 0.532. The van der Waals surface area contributed by atoms with Crippen molar-refractivity contribution in [3.05, 3.63) is 28.8 Å². The molecule has 1 rings (SSSR count). The minimum atomic E-state index is -3.35. The number of sulfone groups is 1. The van der Waals surface area contributed by atoms with E-state index in [1.807, 2.05) is 46.8 Å². The van der Waals surface area contributed by atoms with Crippen LogP contribution in [0.25, 0.3) is 0 Å². The summed E-state index contributed by atoms with van der Waals surface area (Å²) in [5.74, 6) is 0.0140. The van der Waals surface area contributed by atoms with E-state index < -0.39 is 15.1 Å². The normalized spacial score (nSPS) is 13.9. The van der Waals surface area contributed by atoms with Crippen LogP contribution in [-0.2, 0) is 9.84 Å². The summed E-state index contributed by atoms with van der Waals surface area (Å²) < 4.78 is 25.4. The van der Waals surface area contributed by atoms with E-state index in [1.54, 1.807) is 0 Å². The highest BCUT2D eigenvalue weighted by Crippen LogP contribution is 2.27. The van der Waals surface area contributed by atoms with Gasteiger partial charge in [-0.2, -0.15) is 0 Å². The summed E-state index contributed by atoms with van der Waals surface area (Å²) in [5.41, 5.74) is 8.35. The van der Waals surface area contributed by atoms with Crippen LogP contribution in [0.15, 0.2) is 17.0 Å². The molecule has 0 aliphatic carbocycles. The van der Waals surface area contributed by atoms with E-state index in [1.165, 1.54) is 0 Å². The molecule has 0 aliphatic heterocycles. The SMILES string of the molecule is Cc1cc(C)c(S(=O)(=O)C(CN)C(C)C)c(C)c1. The molecule has 0 aromatic heterocycles. The molecule has 0 saturated carbocycles. The van der Waals surface area contributed by atoms with Gasteiger partial charge in [0, 0.05) is 6.54 Å². The van der Waals surface area contributed by atoms with Crippen molar-refractivity contribution in [3.8, 4) is 0 Å². The first-order valence-electron chi connectivity index (χ1n) is 6.23. The van der Waals surface area contributed by atoms with Crippen LogP contribution in [-0.4, -0.2) is 20.2 Å². The second kappa shape index (κ2) is 5.41. The molecule has 0 spiro atoms. The van der Waals surface area contributed by atoms with E-state index in [4.69, 9.17) is 5.73 Å². The summed E-state index contributed by atoms with van der Waals surface area (Å²) in [5, 5.41) is -0.516. The quantitative estimate of drug-likeness (QED) is 0.913. The van der Waals surface area contributed by atoms with E-state index in [9.17, 15) is 8.42 Å². The van der Waals surface area contributed by atoms with Crippen LogP contribution in [0.1, 0.15) is 30.5 Å². The highest BCUT2D eigenvalue weighted by Gasteiger charge is 2.31. The molecule has 4 heteroatoms. The predicted molar refractivity (Wildman–Crippen MR) is 75.5 cm³/mol. The Morgan fingerprint density at radius 1 is 1.11 bits per heavy atom. The van der Waals surface area contributed by atoms with Crippen molar-refractivity contribution in [2.75, 3.05) is 6.54 Å². The molecule has 1 aromatic rings. The fraction of sp³-hybridized carbons (Fsp3) is 0.571. The van der Waals surface area contributed by atoms with E-state index in [0.717, 1.165) is 16.7 Å². The van der Waals surface area contributed by atoms with E-state index in [-0.39, 0.29) is 12.5 Å². The highest BCUT2D eigenvalue weighted by atomic mass is 32.2. The largest absolute Gasteiger partial charge is 0.329 e. The minimum absolute atomic E-state index is 0.0140. The Bertz CT molecular complexity index is 510. The van der Waals surface area contributed by atoms with Crippen molar-refractivity contribution >= 4 is 9.84 Å². The number of benzene rings is 1. The fourth-order valence-electron chi connectivity index (χ4n) is 2.52. The lowest BCUT2D eigenvalue weighted by Crippen LogP contribution is -2.35.